The molecular weight excluding hydrogens is 339 g/mol. The number of halogens is 1. The Balaban J connectivity index is 1.52. The van der Waals surface area contributed by atoms with Gasteiger partial charge in [0.05, 0.1) is 17.5 Å². The number of thioether (sulfide) groups is 2. The summed E-state index contributed by atoms with van der Waals surface area (Å²) in [4.78, 5) is 39.5. The number of hydrogen-bond donors (Lipinski definition) is 0. The SMILES string of the molecule is O=C(CSc1ccc(F)cc1)N1CCC(N2C(=O)CSC2=O)C1. The van der Waals surface area contributed by atoms with Crippen molar-refractivity contribution in [2.75, 3.05) is 24.6 Å². The molecule has 1 unspecified atom stereocenters. The van der Waals surface area contributed by atoms with E-state index in [1.807, 2.05) is 0 Å². The molecular formula is C15H15FN2O3S2. The average molecular weight is 354 g/mol. The summed E-state index contributed by atoms with van der Waals surface area (Å²) in [6, 6.07) is 5.80. The van der Waals surface area contributed by atoms with Crippen LogP contribution in [-0.4, -0.2) is 57.5 Å². The van der Waals surface area contributed by atoms with Gasteiger partial charge < -0.3 is 4.90 Å². The normalized spacial score (nSPS) is 21.3. The van der Waals surface area contributed by atoms with Crippen LogP contribution in [0, 0.1) is 5.82 Å². The van der Waals surface area contributed by atoms with Crippen molar-refractivity contribution in [1.82, 2.24) is 9.80 Å². The zero-order chi connectivity index (χ0) is 16.4. The molecule has 122 valence electrons. The Morgan fingerprint density at radius 2 is 2.04 bits per heavy atom. The smallest absolute Gasteiger partial charge is 0.289 e. The number of carbonyl (C=O) groups excluding carboxylic acids is 3. The number of hydrogen-bond acceptors (Lipinski definition) is 5. The second kappa shape index (κ2) is 6.92. The van der Waals surface area contributed by atoms with E-state index in [0.717, 1.165) is 16.7 Å². The van der Waals surface area contributed by atoms with E-state index in [-0.39, 0.29) is 40.4 Å². The average Bonchev–Trinajstić information content (AvgIpc) is 3.13. The van der Waals surface area contributed by atoms with Crippen molar-refractivity contribution >= 4 is 40.6 Å². The topological polar surface area (TPSA) is 57.7 Å². The number of carbonyl (C=O) groups is 3. The van der Waals surface area contributed by atoms with E-state index < -0.39 is 0 Å². The third-order valence-corrected chi connectivity index (χ3v) is 5.67. The van der Waals surface area contributed by atoms with E-state index in [4.69, 9.17) is 0 Å². The molecule has 0 saturated carbocycles. The molecule has 2 aliphatic heterocycles. The quantitative estimate of drug-likeness (QED) is 0.776. The summed E-state index contributed by atoms with van der Waals surface area (Å²) in [5, 5.41) is -0.213. The van der Waals surface area contributed by atoms with Crippen molar-refractivity contribution in [3.63, 3.8) is 0 Å². The van der Waals surface area contributed by atoms with Gasteiger partial charge in [0, 0.05) is 18.0 Å². The van der Waals surface area contributed by atoms with Crippen molar-refractivity contribution < 1.29 is 18.8 Å². The molecule has 1 atom stereocenters. The lowest BCUT2D eigenvalue weighted by Crippen LogP contribution is -2.41. The minimum absolute atomic E-state index is 0.0337. The Morgan fingerprint density at radius 3 is 2.70 bits per heavy atom. The lowest BCUT2D eigenvalue weighted by Gasteiger charge is -2.21. The zero-order valence-electron chi connectivity index (χ0n) is 12.2. The number of amides is 3. The Morgan fingerprint density at radius 1 is 1.30 bits per heavy atom. The maximum Gasteiger partial charge on any atom is 0.289 e. The van der Waals surface area contributed by atoms with Gasteiger partial charge in [-0.2, -0.15) is 0 Å². The highest BCUT2D eigenvalue weighted by Crippen LogP contribution is 2.27. The van der Waals surface area contributed by atoms with Gasteiger partial charge in [-0.1, -0.05) is 11.8 Å². The number of imide groups is 1. The standard InChI is InChI=1S/C15H15FN2O3S2/c16-10-1-3-12(4-2-10)22-8-13(19)17-6-5-11(7-17)18-14(20)9-23-15(18)21/h1-4,11H,5-9H2. The summed E-state index contributed by atoms with van der Waals surface area (Å²) < 4.78 is 12.8. The first-order valence-electron chi connectivity index (χ1n) is 7.19. The Bertz CT molecular complexity index is 622. The van der Waals surface area contributed by atoms with E-state index in [1.54, 1.807) is 17.0 Å². The van der Waals surface area contributed by atoms with Gasteiger partial charge in [0.25, 0.3) is 5.24 Å². The Kier molecular flexibility index (Phi) is 4.91. The molecule has 2 fully saturated rings. The van der Waals surface area contributed by atoms with Crippen LogP contribution in [-0.2, 0) is 9.59 Å². The van der Waals surface area contributed by atoms with E-state index in [9.17, 15) is 18.8 Å². The minimum Gasteiger partial charge on any atom is -0.340 e. The number of rotatable bonds is 4. The van der Waals surface area contributed by atoms with Crippen LogP contribution >= 0.6 is 23.5 Å². The first-order chi connectivity index (χ1) is 11.0. The van der Waals surface area contributed by atoms with E-state index in [2.05, 4.69) is 0 Å². The van der Waals surface area contributed by atoms with E-state index in [1.165, 1.54) is 28.8 Å². The van der Waals surface area contributed by atoms with Crippen LogP contribution in [0.15, 0.2) is 29.2 Å². The van der Waals surface area contributed by atoms with Gasteiger partial charge in [0.15, 0.2) is 0 Å². The van der Waals surface area contributed by atoms with Crippen LogP contribution in [0.1, 0.15) is 6.42 Å². The number of nitrogens with zero attached hydrogens (tertiary/aromatic N) is 2. The summed E-state index contributed by atoms with van der Waals surface area (Å²) in [5.74, 6) is -0.0481. The number of benzene rings is 1. The van der Waals surface area contributed by atoms with Gasteiger partial charge in [0.1, 0.15) is 5.82 Å². The second-order valence-electron chi connectivity index (χ2n) is 5.34. The molecule has 0 bridgehead atoms. The second-order valence-corrected chi connectivity index (χ2v) is 7.32. The lowest BCUT2D eigenvalue weighted by atomic mass is 10.2. The molecule has 2 saturated heterocycles. The lowest BCUT2D eigenvalue weighted by molar-refractivity contribution is -0.129. The van der Waals surface area contributed by atoms with Crippen LogP contribution in [0.25, 0.3) is 0 Å². The minimum atomic E-state index is -0.305. The predicted molar refractivity (Wildman–Crippen MR) is 86.8 cm³/mol. The first-order valence-corrected chi connectivity index (χ1v) is 9.16. The van der Waals surface area contributed by atoms with E-state index in [0.29, 0.717) is 19.5 Å². The highest BCUT2D eigenvalue weighted by atomic mass is 32.2. The van der Waals surface area contributed by atoms with Gasteiger partial charge in [0.2, 0.25) is 11.8 Å². The predicted octanol–water partition coefficient (Wildman–Crippen LogP) is 2.21. The summed E-state index contributed by atoms with van der Waals surface area (Å²) in [6.07, 6.45) is 0.630. The van der Waals surface area contributed by atoms with Crippen LogP contribution in [0.5, 0.6) is 0 Å². The van der Waals surface area contributed by atoms with Crippen molar-refractivity contribution in [2.24, 2.45) is 0 Å². The monoisotopic (exact) mass is 354 g/mol. The van der Waals surface area contributed by atoms with Crippen molar-refractivity contribution in [2.45, 2.75) is 17.4 Å². The molecule has 0 aromatic heterocycles. The molecule has 1 aromatic rings. The molecule has 0 spiro atoms. The molecule has 0 N–H and O–H groups in total. The highest BCUT2D eigenvalue weighted by Gasteiger charge is 2.40. The van der Waals surface area contributed by atoms with Crippen LogP contribution < -0.4 is 0 Å². The fourth-order valence-electron chi connectivity index (χ4n) is 2.66. The fraction of sp³-hybridized carbons (Fsp3) is 0.400. The first kappa shape index (κ1) is 16.3. The van der Waals surface area contributed by atoms with Crippen molar-refractivity contribution in [3.05, 3.63) is 30.1 Å². The highest BCUT2D eigenvalue weighted by molar-refractivity contribution is 8.14. The fourth-order valence-corrected chi connectivity index (χ4v) is 4.24. The van der Waals surface area contributed by atoms with Crippen LogP contribution in [0.2, 0.25) is 0 Å². The van der Waals surface area contributed by atoms with Gasteiger partial charge in [-0.05, 0) is 30.7 Å². The summed E-state index contributed by atoms with van der Waals surface area (Å²) in [6.45, 7) is 0.954. The van der Waals surface area contributed by atoms with Gasteiger partial charge in [-0.3, -0.25) is 19.3 Å². The largest absolute Gasteiger partial charge is 0.340 e. The third kappa shape index (κ3) is 3.69. The Labute approximate surface area is 141 Å². The molecule has 3 rings (SSSR count). The summed E-state index contributed by atoms with van der Waals surface area (Å²) >= 11 is 2.37. The van der Waals surface area contributed by atoms with Crippen molar-refractivity contribution in [1.29, 1.82) is 0 Å². The maximum absolute atomic E-state index is 12.8. The Hall–Kier alpha value is -1.54. The molecule has 5 nitrogen and oxygen atoms in total. The molecule has 3 amide bonds. The molecule has 1 aromatic carbocycles. The summed E-state index contributed by atoms with van der Waals surface area (Å²) in [5.41, 5.74) is 0. The maximum atomic E-state index is 12.8. The summed E-state index contributed by atoms with van der Waals surface area (Å²) in [7, 11) is 0. The zero-order valence-corrected chi connectivity index (χ0v) is 13.9. The van der Waals surface area contributed by atoms with Gasteiger partial charge in [-0.25, -0.2) is 4.39 Å². The molecule has 2 heterocycles. The van der Waals surface area contributed by atoms with Crippen LogP contribution in [0.3, 0.4) is 0 Å². The van der Waals surface area contributed by atoms with E-state index >= 15 is 0 Å². The van der Waals surface area contributed by atoms with Crippen molar-refractivity contribution in [3.8, 4) is 0 Å². The molecule has 23 heavy (non-hydrogen) atoms. The molecule has 2 aliphatic rings. The van der Waals surface area contributed by atoms with Gasteiger partial charge >= 0.3 is 0 Å². The van der Waals surface area contributed by atoms with Crippen LogP contribution in [0.4, 0.5) is 9.18 Å². The third-order valence-electron chi connectivity index (χ3n) is 3.84. The molecule has 0 radical (unpaired) electrons. The number of likely N-dealkylation sites (tertiary alicyclic amines) is 1. The molecule has 8 heteroatoms. The van der Waals surface area contributed by atoms with Gasteiger partial charge in [-0.15, -0.1) is 11.8 Å². The molecule has 0 aliphatic carbocycles.